The van der Waals surface area contributed by atoms with Crippen LogP contribution in [0.25, 0.3) is 0 Å². The second kappa shape index (κ2) is 6.36. The van der Waals surface area contributed by atoms with Crippen LogP contribution in [0.15, 0.2) is 18.2 Å². The minimum Gasteiger partial charge on any atom is -0.349 e. The van der Waals surface area contributed by atoms with Gasteiger partial charge in [0.25, 0.3) is 0 Å². The van der Waals surface area contributed by atoms with Gasteiger partial charge in [-0.25, -0.2) is 12.8 Å². The largest absolute Gasteiger partial charge is 0.349 e. The summed E-state index contributed by atoms with van der Waals surface area (Å²) in [5.74, 6) is -1.17. The first-order chi connectivity index (χ1) is 10.2. The highest BCUT2D eigenvalue weighted by molar-refractivity contribution is 7.90. The van der Waals surface area contributed by atoms with Crippen LogP contribution in [0.3, 0.4) is 0 Å². The van der Waals surface area contributed by atoms with Crippen LogP contribution in [0.4, 0.5) is 4.39 Å². The molecule has 1 aromatic rings. The molecular formula is C16H22FNO3S. The van der Waals surface area contributed by atoms with Gasteiger partial charge in [-0.1, -0.05) is 26.0 Å². The van der Waals surface area contributed by atoms with E-state index < -0.39 is 15.8 Å². The van der Waals surface area contributed by atoms with Crippen molar-refractivity contribution in [1.29, 1.82) is 0 Å². The maximum absolute atomic E-state index is 13.9. The van der Waals surface area contributed by atoms with E-state index in [0.717, 1.165) is 18.2 Å². The van der Waals surface area contributed by atoms with Crippen LogP contribution in [0.5, 0.6) is 0 Å². The Morgan fingerprint density at radius 3 is 2.77 bits per heavy atom. The number of hydrogen-bond donors (Lipinski definition) is 1. The first-order valence-corrected chi connectivity index (χ1v) is 9.50. The fourth-order valence-electron chi connectivity index (χ4n) is 3.02. The maximum atomic E-state index is 13.9. The van der Waals surface area contributed by atoms with E-state index in [2.05, 4.69) is 5.32 Å². The summed E-state index contributed by atoms with van der Waals surface area (Å²) in [5, 5.41) is 2.90. The lowest BCUT2D eigenvalue weighted by atomic mass is 9.80. The molecule has 0 aliphatic heterocycles. The molecule has 0 saturated heterocycles. The van der Waals surface area contributed by atoms with Gasteiger partial charge < -0.3 is 5.32 Å². The van der Waals surface area contributed by atoms with E-state index in [1.807, 2.05) is 13.0 Å². The lowest BCUT2D eigenvalue weighted by molar-refractivity contribution is -0.125. The Kier molecular flexibility index (Phi) is 4.90. The molecule has 2 rings (SSSR count). The second-order valence-corrected chi connectivity index (χ2v) is 8.49. The van der Waals surface area contributed by atoms with Gasteiger partial charge in [0, 0.05) is 12.2 Å². The van der Waals surface area contributed by atoms with Crippen molar-refractivity contribution < 1.29 is 17.6 Å². The molecule has 0 heterocycles. The molecule has 122 valence electrons. The summed E-state index contributed by atoms with van der Waals surface area (Å²) in [7, 11) is -3.21. The van der Waals surface area contributed by atoms with Gasteiger partial charge in [-0.2, -0.15) is 0 Å². The lowest BCUT2D eigenvalue weighted by Gasteiger charge is -2.33. The Morgan fingerprint density at radius 2 is 2.14 bits per heavy atom. The zero-order chi connectivity index (χ0) is 16.5. The molecule has 1 aliphatic carbocycles. The van der Waals surface area contributed by atoms with Crippen LogP contribution in [-0.4, -0.2) is 26.3 Å². The molecule has 0 aromatic heterocycles. The number of benzene rings is 1. The lowest BCUT2D eigenvalue weighted by Crippen LogP contribution is -2.40. The zero-order valence-corrected chi connectivity index (χ0v) is 13.9. The molecule has 22 heavy (non-hydrogen) atoms. The molecule has 0 radical (unpaired) electrons. The smallest absolute Gasteiger partial charge is 0.224 e. The van der Waals surface area contributed by atoms with Crippen LogP contribution >= 0.6 is 0 Å². The summed E-state index contributed by atoms with van der Waals surface area (Å²) in [5.41, 5.74) is 1.46. The van der Waals surface area contributed by atoms with E-state index in [1.165, 1.54) is 6.07 Å². The quantitative estimate of drug-likeness (QED) is 0.922. The molecule has 0 unspecified atom stereocenters. The predicted molar refractivity (Wildman–Crippen MR) is 83.6 cm³/mol. The van der Waals surface area contributed by atoms with Gasteiger partial charge >= 0.3 is 0 Å². The van der Waals surface area contributed by atoms with E-state index >= 15 is 0 Å². The summed E-state index contributed by atoms with van der Waals surface area (Å²) < 4.78 is 36.5. The van der Waals surface area contributed by atoms with Crippen LogP contribution in [0, 0.1) is 17.7 Å². The maximum Gasteiger partial charge on any atom is 0.224 e. The summed E-state index contributed by atoms with van der Waals surface area (Å²) in [4.78, 5) is 12.3. The number of amides is 1. The van der Waals surface area contributed by atoms with Crippen molar-refractivity contribution >= 4 is 15.7 Å². The first kappa shape index (κ1) is 16.9. The number of hydrogen-bond acceptors (Lipinski definition) is 3. The molecule has 6 heteroatoms. The number of halogens is 1. The van der Waals surface area contributed by atoms with Crippen LogP contribution in [0.1, 0.15) is 37.4 Å². The third kappa shape index (κ3) is 3.85. The van der Waals surface area contributed by atoms with Gasteiger partial charge in [0.05, 0.1) is 11.8 Å². The van der Waals surface area contributed by atoms with Crippen molar-refractivity contribution in [3.63, 3.8) is 0 Å². The number of fused-ring (bicyclic) bond motifs is 1. The van der Waals surface area contributed by atoms with Gasteiger partial charge in [-0.3, -0.25) is 4.79 Å². The van der Waals surface area contributed by atoms with Crippen LogP contribution in [0.2, 0.25) is 0 Å². The zero-order valence-electron chi connectivity index (χ0n) is 13.1. The van der Waals surface area contributed by atoms with E-state index in [-0.39, 0.29) is 29.4 Å². The van der Waals surface area contributed by atoms with Crippen LogP contribution < -0.4 is 5.32 Å². The van der Waals surface area contributed by atoms with Gasteiger partial charge in [-0.15, -0.1) is 0 Å². The van der Waals surface area contributed by atoms with Crippen molar-refractivity contribution in [3.8, 4) is 0 Å². The Balaban J connectivity index is 2.19. The summed E-state index contributed by atoms with van der Waals surface area (Å²) in [6, 6.07) is 4.64. The average Bonchev–Trinajstić information content (AvgIpc) is 2.40. The second-order valence-electron chi connectivity index (χ2n) is 6.30. The van der Waals surface area contributed by atoms with E-state index in [4.69, 9.17) is 0 Å². The number of sulfone groups is 1. The molecule has 0 spiro atoms. The van der Waals surface area contributed by atoms with Crippen LogP contribution in [-0.2, 0) is 21.1 Å². The Morgan fingerprint density at radius 1 is 1.45 bits per heavy atom. The third-order valence-corrected chi connectivity index (χ3v) is 5.31. The Hall–Kier alpha value is -1.43. The summed E-state index contributed by atoms with van der Waals surface area (Å²) in [6.07, 6.45) is 2.57. The normalized spacial score (nSPS) is 22.7. The number of carbonyl (C=O) groups excluding carboxylic acids is 1. The molecule has 4 nitrogen and oxygen atoms in total. The molecule has 0 saturated carbocycles. The van der Waals surface area contributed by atoms with E-state index in [1.54, 1.807) is 13.0 Å². The molecule has 1 amide bonds. The highest BCUT2D eigenvalue weighted by atomic mass is 32.2. The Labute approximate surface area is 131 Å². The number of carbonyl (C=O) groups is 1. The SMILES string of the molecule is C[C@H](CS(C)(=O)=O)C(=O)N[C@H]1c2cccc(F)c2CC[C@@H]1C. The minimum atomic E-state index is -3.21. The molecule has 1 aromatic carbocycles. The highest BCUT2D eigenvalue weighted by Crippen LogP contribution is 2.35. The number of nitrogens with one attached hydrogen (secondary N) is 1. The monoisotopic (exact) mass is 327 g/mol. The average molecular weight is 327 g/mol. The molecule has 3 atom stereocenters. The van der Waals surface area contributed by atoms with Gasteiger partial charge in [0.2, 0.25) is 5.91 Å². The fraction of sp³-hybridized carbons (Fsp3) is 0.562. The van der Waals surface area contributed by atoms with Crippen molar-refractivity contribution in [2.45, 2.75) is 32.7 Å². The molecule has 0 bridgehead atoms. The molecule has 0 fully saturated rings. The summed E-state index contributed by atoms with van der Waals surface area (Å²) in [6.45, 7) is 3.61. The highest BCUT2D eigenvalue weighted by Gasteiger charge is 2.31. The molecule has 1 aliphatic rings. The summed E-state index contributed by atoms with van der Waals surface area (Å²) >= 11 is 0. The van der Waals surface area contributed by atoms with Crippen molar-refractivity contribution in [2.24, 2.45) is 11.8 Å². The number of rotatable bonds is 4. The van der Waals surface area contributed by atoms with Gasteiger partial charge in [0.1, 0.15) is 15.7 Å². The predicted octanol–water partition coefficient (Wildman–Crippen LogP) is 2.25. The minimum absolute atomic E-state index is 0.184. The van der Waals surface area contributed by atoms with Crippen molar-refractivity contribution in [1.82, 2.24) is 5.32 Å². The van der Waals surface area contributed by atoms with E-state index in [0.29, 0.717) is 12.0 Å². The standard InChI is InChI=1S/C16H22FNO3S/c1-10-7-8-12-13(5-4-6-14(12)17)15(10)18-16(19)11(2)9-22(3,20)21/h4-6,10-11,15H,7-9H2,1-3H3,(H,18,19)/t10-,11+,15+/m0/s1. The topological polar surface area (TPSA) is 63.2 Å². The first-order valence-electron chi connectivity index (χ1n) is 7.44. The van der Waals surface area contributed by atoms with Gasteiger partial charge in [-0.05, 0) is 36.0 Å². The van der Waals surface area contributed by atoms with Crippen molar-refractivity contribution in [2.75, 3.05) is 12.0 Å². The molecule has 1 N–H and O–H groups in total. The van der Waals surface area contributed by atoms with Gasteiger partial charge in [0.15, 0.2) is 0 Å². The Bertz CT molecular complexity index is 672. The third-order valence-electron chi connectivity index (χ3n) is 4.21. The fourth-order valence-corrected chi connectivity index (χ4v) is 4.08. The van der Waals surface area contributed by atoms with Crippen molar-refractivity contribution in [3.05, 3.63) is 35.1 Å². The van der Waals surface area contributed by atoms with E-state index in [9.17, 15) is 17.6 Å². The molecular weight excluding hydrogens is 305 g/mol.